The maximum Gasteiger partial charge on any atom is 0.251 e. The second-order valence-electron chi connectivity index (χ2n) is 8.47. The van der Waals surface area contributed by atoms with Crippen LogP contribution in [0.15, 0.2) is 72.8 Å². The maximum atomic E-state index is 12.4. The fourth-order valence-corrected chi connectivity index (χ4v) is 4.23. The number of carbonyl (C=O) groups excluding carboxylic acids is 2. The first-order valence-corrected chi connectivity index (χ1v) is 11.4. The molecule has 32 heavy (non-hydrogen) atoms. The van der Waals surface area contributed by atoms with E-state index in [1.807, 2.05) is 54.6 Å². The Morgan fingerprint density at radius 3 is 2.31 bits per heavy atom. The predicted octanol–water partition coefficient (Wildman–Crippen LogP) is 5.12. The van der Waals surface area contributed by atoms with Crippen LogP contribution in [-0.2, 0) is 13.0 Å². The van der Waals surface area contributed by atoms with Crippen LogP contribution in [0.1, 0.15) is 51.6 Å². The highest BCUT2D eigenvalue weighted by molar-refractivity contribution is 5.95. The largest absolute Gasteiger partial charge is 0.352 e. The minimum Gasteiger partial charge on any atom is -0.352 e. The summed E-state index contributed by atoms with van der Waals surface area (Å²) in [6, 6.07) is 24.0. The molecule has 0 unspecified atom stereocenters. The quantitative estimate of drug-likeness (QED) is 0.402. The van der Waals surface area contributed by atoms with E-state index < -0.39 is 0 Å². The summed E-state index contributed by atoms with van der Waals surface area (Å²) in [6.45, 7) is 5.25. The van der Waals surface area contributed by atoms with Crippen LogP contribution < -0.4 is 5.32 Å². The zero-order valence-corrected chi connectivity index (χ0v) is 18.6. The summed E-state index contributed by atoms with van der Waals surface area (Å²) in [5.41, 5.74) is 6.38. The number of nitrogens with zero attached hydrogens (tertiary/aromatic N) is 1. The first-order chi connectivity index (χ1) is 15.6. The monoisotopic (exact) mass is 426 g/mol. The number of benzene rings is 3. The van der Waals surface area contributed by atoms with Crippen molar-refractivity contribution in [1.82, 2.24) is 10.2 Å². The van der Waals surface area contributed by atoms with Crippen molar-refractivity contribution in [3.63, 3.8) is 0 Å². The number of rotatable bonds is 8. The molecule has 0 saturated heterocycles. The van der Waals surface area contributed by atoms with Gasteiger partial charge in [0.1, 0.15) is 0 Å². The highest BCUT2D eigenvalue weighted by Gasteiger charge is 2.17. The number of unbranched alkanes of at least 4 members (excludes halogenated alkanes) is 1. The van der Waals surface area contributed by atoms with Gasteiger partial charge in [-0.25, -0.2) is 0 Å². The van der Waals surface area contributed by atoms with Gasteiger partial charge in [-0.05, 0) is 73.2 Å². The zero-order valence-electron chi connectivity index (χ0n) is 18.6. The molecule has 0 bridgehead atoms. The molecule has 4 rings (SSSR count). The van der Waals surface area contributed by atoms with Gasteiger partial charge in [-0.3, -0.25) is 14.5 Å². The van der Waals surface area contributed by atoms with E-state index in [-0.39, 0.29) is 11.7 Å². The Balaban J connectivity index is 1.19. The van der Waals surface area contributed by atoms with Gasteiger partial charge in [0.25, 0.3) is 5.91 Å². The summed E-state index contributed by atoms with van der Waals surface area (Å²) in [4.78, 5) is 26.5. The van der Waals surface area contributed by atoms with E-state index in [1.54, 1.807) is 6.92 Å². The fraction of sp³-hybridized carbons (Fsp3) is 0.286. The lowest BCUT2D eigenvalue weighted by Gasteiger charge is -2.29. The number of hydrogen-bond acceptors (Lipinski definition) is 3. The molecule has 1 aliphatic rings. The van der Waals surface area contributed by atoms with Gasteiger partial charge in [0.05, 0.1) is 0 Å². The summed E-state index contributed by atoms with van der Waals surface area (Å²) >= 11 is 0. The Kier molecular flexibility index (Phi) is 7.13. The number of hydrogen-bond donors (Lipinski definition) is 1. The molecule has 4 nitrogen and oxygen atoms in total. The molecule has 3 aromatic carbocycles. The molecule has 0 fully saturated rings. The van der Waals surface area contributed by atoms with E-state index in [1.165, 1.54) is 11.1 Å². The van der Waals surface area contributed by atoms with E-state index >= 15 is 0 Å². The third-order valence-electron chi connectivity index (χ3n) is 6.14. The molecular formula is C28H30N2O2. The molecule has 0 aromatic heterocycles. The van der Waals surface area contributed by atoms with Crippen molar-refractivity contribution >= 4 is 11.7 Å². The van der Waals surface area contributed by atoms with Crippen molar-refractivity contribution in [3.05, 3.63) is 95.1 Å². The molecule has 1 N–H and O–H groups in total. The van der Waals surface area contributed by atoms with E-state index in [9.17, 15) is 9.59 Å². The van der Waals surface area contributed by atoms with Crippen LogP contribution in [0, 0.1) is 0 Å². The van der Waals surface area contributed by atoms with Crippen molar-refractivity contribution in [2.45, 2.75) is 32.7 Å². The van der Waals surface area contributed by atoms with Gasteiger partial charge in [0.15, 0.2) is 5.78 Å². The average molecular weight is 427 g/mol. The van der Waals surface area contributed by atoms with Crippen molar-refractivity contribution in [1.29, 1.82) is 0 Å². The van der Waals surface area contributed by atoms with Crippen LogP contribution in [0.4, 0.5) is 0 Å². The molecule has 0 aliphatic carbocycles. The lowest BCUT2D eigenvalue weighted by Crippen LogP contribution is -2.32. The highest BCUT2D eigenvalue weighted by Crippen LogP contribution is 2.21. The number of nitrogens with one attached hydrogen (secondary N) is 1. The van der Waals surface area contributed by atoms with Crippen LogP contribution in [-0.4, -0.2) is 36.2 Å². The van der Waals surface area contributed by atoms with Gasteiger partial charge >= 0.3 is 0 Å². The van der Waals surface area contributed by atoms with E-state index in [4.69, 9.17) is 0 Å². The molecule has 4 heteroatoms. The number of carbonyl (C=O) groups is 2. The van der Waals surface area contributed by atoms with Gasteiger partial charge in [-0.1, -0.05) is 54.6 Å². The Morgan fingerprint density at radius 2 is 1.56 bits per heavy atom. The third kappa shape index (κ3) is 5.51. The van der Waals surface area contributed by atoms with E-state index in [2.05, 4.69) is 28.4 Å². The van der Waals surface area contributed by atoms with E-state index in [0.29, 0.717) is 12.1 Å². The minimum absolute atomic E-state index is 0.0201. The standard InChI is InChI=1S/C28H30N2O2/c1-21(31)26-14-11-24-15-18-30(20-27(24)19-26)17-6-5-16-29-28(32)25-12-9-23(10-13-25)22-7-3-2-4-8-22/h2-4,7-14,19H,5-6,15-18,20H2,1H3,(H,29,32). The molecule has 1 amide bonds. The molecule has 0 atom stereocenters. The van der Waals surface area contributed by atoms with Gasteiger partial charge in [-0.2, -0.15) is 0 Å². The Hall–Kier alpha value is -3.24. The number of ketones is 1. The minimum atomic E-state index is -0.0201. The van der Waals surface area contributed by atoms with Gasteiger partial charge < -0.3 is 5.32 Å². The summed E-state index contributed by atoms with van der Waals surface area (Å²) < 4.78 is 0. The second kappa shape index (κ2) is 10.4. The summed E-state index contributed by atoms with van der Waals surface area (Å²) in [5, 5.41) is 3.04. The second-order valence-corrected chi connectivity index (χ2v) is 8.47. The topological polar surface area (TPSA) is 49.4 Å². The normalized spacial score (nSPS) is 13.4. The molecule has 0 saturated carbocycles. The van der Waals surface area contributed by atoms with Gasteiger partial charge in [-0.15, -0.1) is 0 Å². The van der Waals surface area contributed by atoms with E-state index in [0.717, 1.165) is 55.6 Å². The lowest BCUT2D eigenvalue weighted by atomic mass is 9.96. The molecule has 0 spiro atoms. The van der Waals surface area contributed by atoms with Crippen LogP contribution in [0.2, 0.25) is 0 Å². The first kappa shape index (κ1) is 22.0. The zero-order chi connectivity index (χ0) is 22.3. The van der Waals surface area contributed by atoms with Crippen molar-refractivity contribution in [2.75, 3.05) is 19.6 Å². The lowest BCUT2D eigenvalue weighted by molar-refractivity contribution is 0.0951. The molecule has 1 heterocycles. The van der Waals surface area contributed by atoms with Crippen LogP contribution in [0.3, 0.4) is 0 Å². The summed E-state index contributed by atoms with van der Waals surface area (Å²) in [7, 11) is 0. The SMILES string of the molecule is CC(=O)c1ccc2c(c1)CN(CCCCNC(=O)c1ccc(-c3ccccc3)cc1)CC2. The van der Waals surface area contributed by atoms with Crippen LogP contribution >= 0.6 is 0 Å². The number of amides is 1. The van der Waals surface area contributed by atoms with Crippen molar-refractivity contribution in [2.24, 2.45) is 0 Å². The molecule has 3 aromatic rings. The smallest absolute Gasteiger partial charge is 0.251 e. The molecule has 1 aliphatic heterocycles. The summed E-state index contributed by atoms with van der Waals surface area (Å²) in [6.07, 6.45) is 3.02. The average Bonchev–Trinajstić information content (AvgIpc) is 2.84. The number of fused-ring (bicyclic) bond motifs is 1. The Morgan fingerprint density at radius 1 is 0.844 bits per heavy atom. The first-order valence-electron chi connectivity index (χ1n) is 11.4. The molecule has 0 radical (unpaired) electrons. The number of Topliss-reactive ketones (excluding diaryl/α,β-unsaturated/α-hetero) is 1. The Labute approximate surface area is 190 Å². The maximum absolute atomic E-state index is 12.4. The molecular weight excluding hydrogens is 396 g/mol. The van der Waals surface area contributed by atoms with Gasteiger partial charge in [0, 0.05) is 30.8 Å². The predicted molar refractivity (Wildman–Crippen MR) is 129 cm³/mol. The van der Waals surface area contributed by atoms with Gasteiger partial charge in [0.2, 0.25) is 0 Å². The fourth-order valence-electron chi connectivity index (χ4n) is 4.23. The van der Waals surface area contributed by atoms with Crippen molar-refractivity contribution < 1.29 is 9.59 Å². The Bertz CT molecular complexity index is 1070. The third-order valence-corrected chi connectivity index (χ3v) is 6.14. The highest BCUT2D eigenvalue weighted by atomic mass is 16.1. The molecule has 164 valence electrons. The van der Waals surface area contributed by atoms with Crippen LogP contribution in [0.25, 0.3) is 11.1 Å². The summed E-state index contributed by atoms with van der Waals surface area (Å²) in [5.74, 6) is 0.101. The van der Waals surface area contributed by atoms with Crippen LogP contribution in [0.5, 0.6) is 0 Å². The van der Waals surface area contributed by atoms with Crippen molar-refractivity contribution in [3.8, 4) is 11.1 Å².